The molecule has 11 heavy (non-hydrogen) atoms. The number of aryl methyl sites for hydroxylation is 2. The van der Waals surface area contributed by atoms with Crippen LogP contribution in [0.3, 0.4) is 0 Å². The number of nitrogens with zero attached hydrogens (tertiary/aromatic N) is 2. The summed E-state index contributed by atoms with van der Waals surface area (Å²) in [7, 11) is 0. The number of hydrogen-bond donors (Lipinski definition) is 2. The molecule has 1 heterocycles. The van der Waals surface area contributed by atoms with E-state index in [0.717, 1.165) is 12.0 Å². The van der Waals surface area contributed by atoms with Gasteiger partial charge in [-0.1, -0.05) is 0 Å². The Morgan fingerprint density at radius 3 is 2.73 bits per heavy atom. The van der Waals surface area contributed by atoms with Crippen molar-refractivity contribution in [1.29, 1.82) is 10.8 Å². The third kappa shape index (κ3) is 1.34. The highest BCUT2D eigenvalue weighted by molar-refractivity contribution is 5.53. The van der Waals surface area contributed by atoms with Gasteiger partial charge in [0.05, 0.1) is 17.7 Å². The molecule has 1 aromatic heterocycles. The van der Waals surface area contributed by atoms with Crippen molar-refractivity contribution in [3.05, 3.63) is 23.1 Å². The van der Waals surface area contributed by atoms with E-state index in [1.807, 2.05) is 6.92 Å². The van der Waals surface area contributed by atoms with Crippen molar-refractivity contribution in [1.82, 2.24) is 9.55 Å². The molecule has 0 aromatic carbocycles. The van der Waals surface area contributed by atoms with Crippen molar-refractivity contribution in [2.75, 3.05) is 0 Å². The first kappa shape index (κ1) is 7.65. The molecular weight excluding hydrogens is 140 g/mol. The molecule has 0 amide bonds. The van der Waals surface area contributed by atoms with Crippen LogP contribution in [-0.4, -0.2) is 15.9 Å². The molecule has 2 N–H and O–H groups in total. The number of nitrogens with one attached hydrogen (secondary N) is 2. The molecule has 0 aliphatic heterocycles. The molecule has 0 saturated carbocycles. The Morgan fingerprint density at radius 1 is 1.55 bits per heavy atom. The molecule has 0 bridgehead atoms. The molecule has 1 aromatic rings. The number of rotatable bonds is 1. The first-order valence-corrected chi connectivity index (χ1v) is 3.26. The molecule has 4 nitrogen and oxygen atoms in total. The van der Waals surface area contributed by atoms with Gasteiger partial charge >= 0.3 is 0 Å². The lowest BCUT2D eigenvalue weighted by Crippen LogP contribution is -2.23. The second-order valence-electron chi connectivity index (χ2n) is 2.35. The van der Waals surface area contributed by atoms with E-state index in [2.05, 4.69) is 4.98 Å². The second-order valence-corrected chi connectivity index (χ2v) is 2.35. The van der Waals surface area contributed by atoms with Crippen molar-refractivity contribution in [3.63, 3.8) is 0 Å². The lowest BCUT2D eigenvalue weighted by molar-refractivity contribution is 0.889. The fraction of sp³-hybridized carbons (Fsp3) is 0.286. The van der Waals surface area contributed by atoms with E-state index in [4.69, 9.17) is 10.8 Å². The average molecular weight is 150 g/mol. The monoisotopic (exact) mass is 150 g/mol. The normalized spacial score (nSPS) is 9.64. The summed E-state index contributed by atoms with van der Waals surface area (Å²) in [5.41, 5.74) is 1.74. The highest BCUT2D eigenvalue weighted by atomic mass is 15.0. The lowest BCUT2D eigenvalue weighted by Gasteiger charge is -2.01. The van der Waals surface area contributed by atoms with Gasteiger partial charge in [-0.25, -0.2) is 0 Å². The summed E-state index contributed by atoms with van der Waals surface area (Å²) in [5.74, 6) is 0. The van der Waals surface area contributed by atoms with Crippen LogP contribution in [-0.2, 0) is 0 Å². The quantitative estimate of drug-likeness (QED) is 0.442. The molecule has 0 spiro atoms. The van der Waals surface area contributed by atoms with Gasteiger partial charge in [-0.3, -0.25) is 20.4 Å². The van der Waals surface area contributed by atoms with Crippen molar-refractivity contribution in [2.24, 2.45) is 0 Å². The Labute approximate surface area is 64.5 Å². The van der Waals surface area contributed by atoms with E-state index in [9.17, 15) is 0 Å². The van der Waals surface area contributed by atoms with E-state index in [-0.39, 0.29) is 5.49 Å². The zero-order valence-electron chi connectivity index (χ0n) is 6.55. The molecule has 4 heteroatoms. The minimum atomic E-state index is 0.269. The molecule has 0 saturated heterocycles. The molecule has 0 aliphatic carbocycles. The van der Waals surface area contributed by atoms with Crippen LogP contribution in [0.4, 0.5) is 0 Å². The Balaban J connectivity index is 3.48. The SMILES string of the molecule is Cc1cn(C=N)c(=N)c(C)n1. The molecule has 0 unspecified atom stereocenters. The van der Waals surface area contributed by atoms with Crippen LogP contribution >= 0.6 is 0 Å². The van der Waals surface area contributed by atoms with Crippen LogP contribution in [0.5, 0.6) is 0 Å². The zero-order chi connectivity index (χ0) is 8.43. The number of aromatic nitrogens is 2. The van der Waals surface area contributed by atoms with Crippen LogP contribution in [0, 0.1) is 24.7 Å². The van der Waals surface area contributed by atoms with Crippen molar-refractivity contribution >= 4 is 6.34 Å². The lowest BCUT2D eigenvalue weighted by atomic mass is 10.4. The van der Waals surface area contributed by atoms with Crippen LogP contribution in [0.15, 0.2) is 6.20 Å². The summed E-state index contributed by atoms with van der Waals surface area (Å²) < 4.78 is 1.43. The molecular formula is C7H10N4. The van der Waals surface area contributed by atoms with Crippen molar-refractivity contribution < 1.29 is 0 Å². The van der Waals surface area contributed by atoms with Gasteiger partial charge in [-0.15, -0.1) is 0 Å². The maximum absolute atomic E-state index is 7.44. The topological polar surface area (TPSA) is 65.5 Å². The fourth-order valence-electron chi connectivity index (χ4n) is 0.901. The Morgan fingerprint density at radius 2 is 2.18 bits per heavy atom. The third-order valence-corrected chi connectivity index (χ3v) is 1.41. The summed E-state index contributed by atoms with van der Waals surface area (Å²) in [5, 5.41) is 14.4. The summed E-state index contributed by atoms with van der Waals surface area (Å²) in [6, 6.07) is 0. The maximum atomic E-state index is 7.44. The van der Waals surface area contributed by atoms with Gasteiger partial charge in [-0.05, 0) is 13.8 Å². The van der Waals surface area contributed by atoms with E-state index < -0.39 is 0 Å². The van der Waals surface area contributed by atoms with Crippen LogP contribution < -0.4 is 5.49 Å². The molecule has 0 fully saturated rings. The van der Waals surface area contributed by atoms with Gasteiger partial charge in [0, 0.05) is 6.20 Å². The van der Waals surface area contributed by atoms with Gasteiger partial charge in [0.25, 0.3) is 0 Å². The smallest absolute Gasteiger partial charge is 0.151 e. The van der Waals surface area contributed by atoms with Crippen molar-refractivity contribution in [3.8, 4) is 0 Å². The number of hydrogen-bond acceptors (Lipinski definition) is 3. The first-order chi connectivity index (χ1) is 5.15. The van der Waals surface area contributed by atoms with Gasteiger partial charge < -0.3 is 0 Å². The van der Waals surface area contributed by atoms with Gasteiger partial charge in [0.1, 0.15) is 0 Å². The molecule has 0 radical (unpaired) electrons. The average Bonchev–Trinajstić information content (AvgIpc) is 1.96. The highest BCUT2D eigenvalue weighted by Gasteiger charge is 1.95. The van der Waals surface area contributed by atoms with Crippen molar-refractivity contribution in [2.45, 2.75) is 13.8 Å². The Bertz CT molecular complexity index is 337. The molecule has 1 rings (SSSR count). The molecule has 0 atom stereocenters. The van der Waals surface area contributed by atoms with Crippen LogP contribution in [0.2, 0.25) is 0 Å². The summed E-state index contributed by atoms with van der Waals surface area (Å²) in [6.07, 6.45) is 2.76. The molecule has 0 aliphatic rings. The Kier molecular flexibility index (Phi) is 1.85. The summed E-state index contributed by atoms with van der Waals surface area (Å²) in [4.78, 5) is 4.07. The zero-order valence-corrected chi connectivity index (χ0v) is 6.55. The highest BCUT2D eigenvalue weighted by Crippen LogP contribution is 1.88. The van der Waals surface area contributed by atoms with E-state index in [1.54, 1.807) is 13.1 Å². The van der Waals surface area contributed by atoms with Crippen LogP contribution in [0.25, 0.3) is 0 Å². The maximum Gasteiger partial charge on any atom is 0.151 e. The van der Waals surface area contributed by atoms with Gasteiger partial charge in [-0.2, -0.15) is 0 Å². The van der Waals surface area contributed by atoms with Crippen LogP contribution in [0.1, 0.15) is 11.4 Å². The largest absolute Gasteiger partial charge is 0.291 e. The predicted octanol–water partition coefficient (Wildman–Crippen LogP) is 0.435. The van der Waals surface area contributed by atoms with E-state index in [0.29, 0.717) is 5.69 Å². The standard InChI is InChI=1S/C7H10N4/c1-5-3-11(4-8)7(9)6(2)10-5/h3-4,8-9H,1-2H3. The second kappa shape index (κ2) is 2.65. The summed E-state index contributed by atoms with van der Waals surface area (Å²) in [6.45, 7) is 3.60. The Hall–Kier alpha value is -1.45. The molecule has 58 valence electrons. The first-order valence-electron chi connectivity index (χ1n) is 3.26. The van der Waals surface area contributed by atoms with Gasteiger partial charge in [0.15, 0.2) is 5.49 Å². The van der Waals surface area contributed by atoms with Gasteiger partial charge in [0.2, 0.25) is 0 Å². The van der Waals surface area contributed by atoms with E-state index >= 15 is 0 Å². The predicted molar refractivity (Wildman–Crippen MR) is 41.7 cm³/mol. The van der Waals surface area contributed by atoms with E-state index in [1.165, 1.54) is 4.57 Å². The minimum absolute atomic E-state index is 0.269. The minimum Gasteiger partial charge on any atom is -0.291 e. The third-order valence-electron chi connectivity index (χ3n) is 1.41. The fourth-order valence-corrected chi connectivity index (χ4v) is 0.901. The summed E-state index contributed by atoms with van der Waals surface area (Å²) >= 11 is 0.